The van der Waals surface area contributed by atoms with Gasteiger partial charge in [-0.15, -0.1) is 11.3 Å². The molecule has 20 heavy (non-hydrogen) atoms. The number of piperidine rings is 3. The zero-order chi connectivity index (χ0) is 13.5. The van der Waals surface area contributed by atoms with E-state index in [1.54, 1.807) is 17.5 Å². The maximum atomic E-state index is 12.4. The number of hydrogen-bond donors (Lipinski definition) is 1. The Hall–Kier alpha value is -1.46. The predicted molar refractivity (Wildman–Crippen MR) is 80.0 cm³/mol. The number of carbonyl (C=O) groups excluding carboxylic acids is 1. The fourth-order valence-corrected chi connectivity index (χ4v) is 4.13. The molecule has 1 N–H and O–H groups in total. The second-order valence-corrected chi connectivity index (χ2v) is 6.69. The number of amides is 1. The van der Waals surface area contributed by atoms with E-state index >= 15 is 0 Å². The van der Waals surface area contributed by atoms with E-state index in [-0.39, 0.29) is 5.91 Å². The largest absolute Gasteiger partial charge is 0.348 e. The van der Waals surface area contributed by atoms with E-state index in [2.05, 4.69) is 15.2 Å². The van der Waals surface area contributed by atoms with Gasteiger partial charge in [0.25, 0.3) is 5.91 Å². The van der Waals surface area contributed by atoms with Crippen LogP contribution in [0, 0.1) is 5.92 Å². The van der Waals surface area contributed by atoms with Crippen molar-refractivity contribution in [1.29, 1.82) is 0 Å². The molecule has 2 bridgehead atoms. The molecule has 0 unspecified atom stereocenters. The summed E-state index contributed by atoms with van der Waals surface area (Å²) in [6, 6.07) is 4.24. The molecule has 5 rings (SSSR count). The van der Waals surface area contributed by atoms with Crippen molar-refractivity contribution in [2.24, 2.45) is 5.92 Å². The first-order chi connectivity index (χ1) is 9.79. The van der Waals surface area contributed by atoms with Gasteiger partial charge >= 0.3 is 0 Å². The summed E-state index contributed by atoms with van der Waals surface area (Å²) in [5.41, 5.74) is 1.64. The number of rotatable bonds is 2. The minimum absolute atomic E-state index is 0.0200. The van der Waals surface area contributed by atoms with Crippen molar-refractivity contribution in [1.82, 2.24) is 15.2 Å². The highest BCUT2D eigenvalue weighted by Crippen LogP contribution is 2.27. The summed E-state index contributed by atoms with van der Waals surface area (Å²) in [5, 5.41) is 5.21. The Morgan fingerprint density at radius 1 is 1.40 bits per heavy atom. The minimum Gasteiger partial charge on any atom is -0.348 e. The van der Waals surface area contributed by atoms with Crippen molar-refractivity contribution >= 4 is 27.5 Å². The van der Waals surface area contributed by atoms with Crippen LogP contribution in [0.5, 0.6) is 0 Å². The van der Waals surface area contributed by atoms with E-state index in [4.69, 9.17) is 0 Å². The summed E-state index contributed by atoms with van der Waals surface area (Å²) < 4.78 is 1.08. The molecule has 3 fully saturated rings. The van der Waals surface area contributed by atoms with Crippen molar-refractivity contribution in [2.45, 2.75) is 18.9 Å². The molecule has 5 heterocycles. The number of hydrogen-bond acceptors (Lipinski definition) is 4. The summed E-state index contributed by atoms with van der Waals surface area (Å²) in [4.78, 5) is 19.2. The van der Waals surface area contributed by atoms with Gasteiger partial charge in [-0.25, -0.2) is 0 Å². The molecule has 104 valence electrons. The number of thiophene rings is 1. The molecule has 1 amide bonds. The molecule has 0 aliphatic carbocycles. The Morgan fingerprint density at radius 2 is 2.25 bits per heavy atom. The third-order valence-electron chi connectivity index (χ3n) is 4.54. The number of pyridine rings is 1. The lowest BCUT2D eigenvalue weighted by molar-refractivity contribution is 0.0620. The number of aromatic nitrogens is 1. The molecule has 0 spiro atoms. The van der Waals surface area contributed by atoms with Gasteiger partial charge < -0.3 is 10.2 Å². The molecule has 5 heteroatoms. The second-order valence-electron chi connectivity index (χ2n) is 5.75. The molecular weight excluding hydrogens is 270 g/mol. The molecule has 1 atom stereocenters. The van der Waals surface area contributed by atoms with Crippen molar-refractivity contribution in [3.63, 3.8) is 0 Å². The SMILES string of the molecule is O=C(N[C@@H]1CN2CCC1CC2)c1cnc2ccsc2c1. The molecule has 3 aliphatic rings. The Morgan fingerprint density at radius 3 is 3.00 bits per heavy atom. The maximum absolute atomic E-state index is 12.4. The first-order valence-corrected chi connectivity index (χ1v) is 8.04. The summed E-state index contributed by atoms with van der Waals surface area (Å²) in [5.74, 6) is 0.675. The lowest BCUT2D eigenvalue weighted by Gasteiger charge is -2.44. The third kappa shape index (κ3) is 2.11. The third-order valence-corrected chi connectivity index (χ3v) is 5.39. The van der Waals surface area contributed by atoms with Crippen LogP contribution in [0.4, 0.5) is 0 Å². The Bertz CT molecular complexity index is 645. The molecule has 2 aromatic rings. The van der Waals surface area contributed by atoms with Gasteiger partial charge in [-0.1, -0.05) is 0 Å². The van der Waals surface area contributed by atoms with Gasteiger partial charge in [0, 0.05) is 18.8 Å². The van der Waals surface area contributed by atoms with E-state index in [9.17, 15) is 4.79 Å². The van der Waals surface area contributed by atoms with Crippen LogP contribution < -0.4 is 5.32 Å². The van der Waals surface area contributed by atoms with E-state index in [0.29, 0.717) is 17.5 Å². The highest BCUT2D eigenvalue weighted by molar-refractivity contribution is 7.17. The zero-order valence-corrected chi connectivity index (χ0v) is 12.0. The fraction of sp³-hybridized carbons (Fsp3) is 0.467. The van der Waals surface area contributed by atoms with Crippen LogP contribution in [0.1, 0.15) is 23.2 Å². The lowest BCUT2D eigenvalue weighted by Crippen LogP contribution is -2.57. The highest BCUT2D eigenvalue weighted by Gasteiger charge is 2.34. The van der Waals surface area contributed by atoms with Crippen LogP contribution in [0.2, 0.25) is 0 Å². The lowest BCUT2D eigenvalue weighted by atomic mass is 9.84. The Labute approximate surface area is 121 Å². The predicted octanol–water partition coefficient (Wildman–Crippen LogP) is 2.12. The molecule has 0 radical (unpaired) electrons. The summed E-state index contributed by atoms with van der Waals surface area (Å²) in [6.45, 7) is 3.39. The van der Waals surface area contributed by atoms with Gasteiger partial charge in [0.05, 0.1) is 15.8 Å². The van der Waals surface area contributed by atoms with Crippen LogP contribution in [0.25, 0.3) is 10.2 Å². The van der Waals surface area contributed by atoms with Crippen LogP contribution >= 0.6 is 11.3 Å². The highest BCUT2D eigenvalue weighted by atomic mass is 32.1. The van der Waals surface area contributed by atoms with E-state index in [0.717, 1.165) is 16.8 Å². The van der Waals surface area contributed by atoms with Gasteiger partial charge in [0.15, 0.2) is 0 Å². The van der Waals surface area contributed by atoms with Crippen molar-refractivity contribution < 1.29 is 4.79 Å². The van der Waals surface area contributed by atoms with Crippen LogP contribution in [0.15, 0.2) is 23.7 Å². The smallest absolute Gasteiger partial charge is 0.253 e. The number of nitrogens with zero attached hydrogens (tertiary/aromatic N) is 2. The van der Waals surface area contributed by atoms with E-state index in [1.807, 2.05) is 17.5 Å². The van der Waals surface area contributed by atoms with E-state index in [1.165, 1.54) is 25.9 Å². The van der Waals surface area contributed by atoms with Crippen LogP contribution in [-0.2, 0) is 0 Å². The van der Waals surface area contributed by atoms with Gasteiger partial charge in [0.2, 0.25) is 0 Å². The second kappa shape index (κ2) is 4.82. The van der Waals surface area contributed by atoms with Crippen molar-refractivity contribution in [3.8, 4) is 0 Å². The first-order valence-electron chi connectivity index (χ1n) is 7.16. The van der Waals surface area contributed by atoms with Gasteiger partial charge in [-0.3, -0.25) is 9.78 Å². The summed E-state index contributed by atoms with van der Waals surface area (Å²) in [7, 11) is 0. The average Bonchev–Trinajstić information content (AvgIpc) is 2.96. The van der Waals surface area contributed by atoms with Crippen molar-refractivity contribution in [2.75, 3.05) is 19.6 Å². The average molecular weight is 287 g/mol. The first kappa shape index (κ1) is 12.3. The zero-order valence-electron chi connectivity index (χ0n) is 11.2. The monoisotopic (exact) mass is 287 g/mol. The van der Waals surface area contributed by atoms with Crippen molar-refractivity contribution in [3.05, 3.63) is 29.3 Å². The summed E-state index contributed by atoms with van der Waals surface area (Å²) in [6.07, 6.45) is 4.12. The molecule has 3 aliphatic heterocycles. The molecule has 0 aromatic carbocycles. The minimum atomic E-state index is 0.0200. The molecule has 3 saturated heterocycles. The number of carbonyl (C=O) groups is 1. The topological polar surface area (TPSA) is 45.2 Å². The summed E-state index contributed by atoms with van der Waals surface area (Å²) >= 11 is 1.63. The Balaban J connectivity index is 1.52. The quantitative estimate of drug-likeness (QED) is 0.920. The van der Waals surface area contributed by atoms with Gasteiger partial charge in [0.1, 0.15) is 0 Å². The Kier molecular flexibility index (Phi) is 2.97. The van der Waals surface area contributed by atoms with Crippen LogP contribution in [0.3, 0.4) is 0 Å². The number of fused-ring (bicyclic) bond motifs is 4. The fourth-order valence-electron chi connectivity index (χ4n) is 3.35. The molecular formula is C15H17N3OS. The molecule has 0 saturated carbocycles. The van der Waals surface area contributed by atoms with Gasteiger partial charge in [-0.2, -0.15) is 0 Å². The number of nitrogens with one attached hydrogen (secondary N) is 1. The normalized spacial score (nSPS) is 28.7. The van der Waals surface area contributed by atoms with E-state index < -0.39 is 0 Å². The molecule has 4 nitrogen and oxygen atoms in total. The molecule has 2 aromatic heterocycles. The standard InChI is InChI=1S/C15H17N3OS/c19-15(11-7-14-12(16-8-11)3-6-20-14)17-13-9-18-4-1-10(13)2-5-18/h3,6-8,10,13H,1-2,4-5,9H2,(H,17,19)/t13-/m1/s1. The van der Waals surface area contributed by atoms with Gasteiger partial charge in [-0.05, 0) is 49.4 Å². The maximum Gasteiger partial charge on any atom is 0.253 e. The van der Waals surface area contributed by atoms with Crippen LogP contribution in [-0.4, -0.2) is 41.5 Å².